The molecule has 0 bridgehead atoms. The largest absolute Gasteiger partial charge is 0.609 e. The van der Waals surface area contributed by atoms with Crippen molar-refractivity contribution in [3.63, 3.8) is 0 Å². The number of hydrogen-bond acceptors (Lipinski definition) is 3. The monoisotopic (exact) mass is 338 g/mol. The van der Waals surface area contributed by atoms with Gasteiger partial charge in [0.1, 0.15) is 0 Å². The highest BCUT2D eigenvalue weighted by atomic mass is 35.6. The van der Waals surface area contributed by atoms with E-state index in [-0.39, 0.29) is 0 Å². The highest BCUT2D eigenvalue weighted by Gasteiger charge is 2.40. The molecular formula is C6H18BCl3O3Si3. The minimum atomic E-state index is -2.27. The first kappa shape index (κ1) is 17.5. The summed E-state index contributed by atoms with van der Waals surface area (Å²) in [6, 6.07) is 0. The third-order valence-corrected chi connectivity index (χ3v) is 4.19. The maximum Gasteiger partial charge on any atom is 0.609 e. The van der Waals surface area contributed by atoms with Gasteiger partial charge in [-0.2, -0.15) is 0 Å². The smallest absolute Gasteiger partial charge is 0.417 e. The van der Waals surface area contributed by atoms with Crippen molar-refractivity contribution in [2.45, 2.75) is 39.3 Å². The van der Waals surface area contributed by atoms with E-state index in [9.17, 15) is 0 Å². The molecule has 0 aromatic heterocycles. The van der Waals surface area contributed by atoms with Crippen LogP contribution in [0.2, 0.25) is 39.3 Å². The van der Waals surface area contributed by atoms with Crippen LogP contribution in [0.25, 0.3) is 0 Å². The van der Waals surface area contributed by atoms with Gasteiger partial charge < -0.3 is 13.0 Å². The summed E-state index contributed by atoms with van der Waals surface area (Å²) < 4.78 is 16.7. The molecule has 0 radical (unpaired) electrons. The van der Waals surface area contributed by atoms with Gasteiger partial charge in [-0.15, -0.1) is 33.2 Å². The van der Waals surface area contributed by atoms with Gasteiger partial charge in [0.15, 0.2) is 0 Å². The molecule has 0 saturated heterocycles. The molecule has 0 unspecified atom stereocenters. The van der Waals surface area contributed by atoms with Crippen molar-refractivity contribution >= 4 is 63.4 Å². The molecule has 0 aliphatic carbocycles. The van der Waals surface area contributed by atoms with E-state index in [2.05, 4.69) is 0 Å². The fourth-order valence-corrected chi connectivity index (χ4v) is 3.36. The van der Waals surface area contributed by atoms with E-state index in [4.69, 9.17) is 46.3 Å². The predicted octanol–water partition coefficient (Wildman–Crippen LogP) is 3.84. The van der Waals surface area contributed by atoms with E-state index >= 15 is 0 Å². The van der Waals surface area contributed by atoms with E-state index in [0.717, 1.165) is 0 Å². The average Bonchev–Trinajstić information content (AvgIpc) is 1.70. The van der Waals surface area contributed by atoms with Crippen LogP contribution in [0.15, 0.2) is 0 Å². The van der Waals surface area contributed by atoms with Gasteiger partial charge in [-0.1, -0.05) is 0 Å². The van der Waals surface area contributed by atoms with Crippen LogP contribution in [-0.4, -0.2) is 30.2 Å². The van der Waals surface area contributed by atoms with Crippen molar-refractivity contribution in [3.05, 3.63) is 0 Å². The molecule has 0 atom stereocenters. The van der Waals surface area contributed by atoms with Gasteiger partial charge in [-0.25, -0.2) is 0 Å². The van der Waals surface area contributed by atoms with Gasteiger partial charge in [0.05, 0.1) is 0 Å². The summed E-state index contributed by atoms with van der Waals surface area (Å²) in [7, 11) is -7.66. The van der Waals surface area contributed by atoms with Crippen LogP contribution < -0.4 is 0 Å². The van der Waals surface area contributed by atoms with E-state index < -0.39 is 30.2 Å². The molecule has 0 fully saturated rings. The Morgan fingerprint density at radius 2 is 0.812 bits per heavy atom. The third kappa shape index (κ3) is 11.9. The van der Waals surface area contributed by atoms with Gasteiger partial charge in [0, 0.05) is 0 Å². The van der Waals surface area contributed by atoms with Crippen LogP contribution >= 0.6 is 33.2 Å². The zero-order chi connectivity index (χ0) is 13.2. The molecule has 96 valence electrons. The Bertz CT molecular complexity index is 188. The van der Waals surface area contributed by atoms with E-state index in [1.54, 1.807) is 0 Å². The molecule has 0 N–H and O–H groups in total. The maximum absolute atomic E-state index is 6.09. The summed E-state index contributed by atoms with van der Waals surface area (Å²) in [6.07, 6.45) is 0. The van der Waals surface area contributed by atoms with Crippen LogP contribution in [0.4, 0.5) is 0 Å². The predicted molar refractivity (Wildman–Crippen MR) is 79.0 cm³/mol. The molecule has 3 nitrogen and oxygen atoms in total. The molecule has 0 aromatic carbocycles. The Balaban J connectivity index is 4.53. The minimum Gasteiger partial charge on any atom is -0.417 e. The van der Waals surface area contributed by atoms with Crippen molar-refractivity contribution < 1.29 is 13.0 Å². The Morgan fingerprint density at radius 3 is 0.938 bits per heavy atom. The van der Waals surface area contributed by atoms with Crippen molar-refractivity contribution in [3.8, 4) is 0 Å². The van der Waals surface area contributed by atoms with E-state index in [1.165, 1.54) is 0 Å². The second kappa shape index (κ2) is 6.07. The van der Waals surface area contributed by atoms with Crippen LogP contribution in [0.3, 0.4) is 0 Å². The van der Waals surface area contributed by atoms with Crippen LogP contribution in [0.5, 0.6) is 0 Å². The summed E-state index contributed by atoms with van der Waals surface area (Å²) in [5.41, 5.74) is 0. The summed E-state index contributed by atoms with van der Waals surface area (Å²) in [5.74, 6) is 0. The fourth-order valence-electron chi connectivity index (χ4n) is 0.759. The lowest BCUT2D eigenvalue weighted by Gasteiger charge is -2.28. The Labute approximate surface area is 115 Å². The quantitative estimate of drug-likeness (QED) is 0.543. The number of halogens is 3. The maximum atomic E-state index is 6.09. The van der Waals surface area contributed by atoms with Gasteiger partial charge in [-0.05, 0) is 39.3 Å². The third-order valence-electron chi connectivity index (χ3n) is 1.13. The molecule has 0 saturated carbocycles. The van der Waals surface area contributed by atoms with Crippen LogP contribution in [-0.2, 0) is 13.0 Å². The summed E-state index contributed by atoms with van der Waals surface area (Å²) in [6.45, 7) is 11.0. The van der Waals surface area contributed by atoms with Crippen LogP contribution in [0, 0.1) is 0 Å². The van der Waals surface area contributed by atoms with Gasteiger partial charge in [0.25, 0.3) is 22.9 Å². The lowest BCUT2D eigenvalue weighted by molar-refractivity contribution is 0.310. The molecule has 0 rings (SSSR count). The fraction of sp³-hybridized carbons (Fsp3) is 1.00. The first-order valence-corrected chi connectivity index (χ1v) is 16.6. The summed E-state index contributed by atoms with van der Waals surface area (Å²) in [5, 5.41) is 0. The van der Waals surface area contributed by atoms with Crippen molar-refractivity contribution in [1.29, 1.82) is 0 Å². The molecular weight excluding hydrogens is 321 g/mol. The topological polar surface area (TPSA) is 27.7 Å². The Kier molecular flexibility index (Phi) is 6.63. The highest BCUT2D eigenvalue weighted by molar-refractivity contribution is 7.20. The second-order valence-electron chi connectivity index (χ2n) is 4.73. The van der Waals surface area contributed by atoms with Crippen molar-refractivity contribution in [2.75, 3.05) is 0 Å². The zero-order valence-corrected chi connectivity index (χ0v) is 15.7. The zero-order valence-electron chi connectivity index (χ0n) is 10.4. The summed E-state index contributed by atoms with van der Waals surface area (Å²) in [4.78, 5) is 0. The first-order valence-electron chi connectivity index (χ1n) is 4.89. The molecule has 0 aliphatic heterocycles. The van der Waals surface area contributed by atoms with Crippen LogP contribution in [0.1, 0.15) is 0 Å². The molecule has 0 spiro atoms. The molecule has 0 aliphatic rings. The number of rotatable bonds is 6. The van der Waals surface area contributed by atoms with Crippen molar-refractivity contribution in [2.24, 2.45) is 0 Å². The average molecular weight is 340 g/mol. The Hall–Kier alpha value is 1.47. The number of hydrogen-bond donors (Lipinski definition) is 0. The van der Waals surface area contributed by atoms with E-state index in [1.807, 2.05) is 39.3 Å². The van der Waals surface area contributed by atoms with Crippen molar-refractivity contribution in [1.82, 2.24) is 0 Å². The highest BCUT2D eigenvalue weighted by Crippen LogP contribution is 2.21. The molecule has 10 heteroatoms. The first-order chi connectivity index (χ1) is 6.79. The lowest BCUT2D eigenvalue weighted by atomic mass is 10.3. The van der Waals surface area contributed by atoms with Gasteiger partial charge >= 0.3 is 7.32 Å². The van der Waals surface area contributed by atoms with E-state index in [0.29, 0.717) is 0 Å². The minimum absolute atomic E-state index is 0.850. The molecule has 0 heterocycles. The molecule has 0 amide bonds. The Morgan fingerprint density at radius 1 is 0.625 bits per heavy atom. The molecule has 0 aromatic rings. The SMILES string of the molecule is C[Si](C)(Cl)OB(O[Si](C)(C)Cl)O[Si](C)(C)Cl. The van der Waals surface area contributed by atoms with Gasteiger partial charge in [-0.3, -0.25) is 0 Å². The second-order valence-corrected chi connectivity index (χ2v) is 21.8. The summed E-state index contributed by atoms with van der Waals surface area (Å²) >= 11 is 18.3. The normalized spacial score (nSPS) is 14.1. The molecule has 16 heavy (non-hydrogen) atoms. The standard InChI is InChI=1S/C6H18BCl3O3Si3/c1-14(2,8)11-7(12-15(3,4)9)13-16(5,6)10/h1-6H3. The van der Waals surface area contributed by atoms with Gasteiger partial charge in [0.2, 0.25) is 0 Å². The lowest BCUT2D eigenvalue weighted by Crippen LogP contribution is -2.47.